The first kappa shape index (κ1) is 13.9. The van der Waals surface area contributed by atoms with E-state index in [1.165, 1.54) is 6.33 Å². The van der Waals surface area contributed by atoms with E-state index >= 15 is 0 Å². The molecule has 2 N–H and O–H groups in total. The average molecular weight is 294 g/mol. The van der Waals surface area contributed by atoms with Crippen molar-refractivity contribution in [2.75, 3.05) is 11.9 Å². The molecule has 0 fully saturated rings. The number of hydrogen-bond donors (Lipinski definition) is 2. The van der Waals surface area contributed by atoms with Gasteiger partial charge in [-0.2, -0.15) is 23.1 Å². The van der Waals surface area contributed by atoms with E-state index in [2.05, 4.69) is 25.3 Å². The number of aromatic nitrogens is 4. The van der Waals surface area contributed by atoms with Crippen molar-refractivity contribution >= 4 is 28.6 Å². The van der Waals surface area contributed by atoms with Crippen molar-refractivity contribution in [3.63, 3.8) is 0 Å². The summed E-state index contributed by atoms with van der Waals surface area (Å²) in [5, 5.41) is 2.97. The number of imidazole rings is 1. The van der Waals surface area contributed by atoms with Crippen molar-refractivity contribution in [1.82, 2.24) is 19.9 Å². The van der Waals surface area contributed by atoms with Crippen LogP contribution < -0.4 is 5.32 Å². The van der Waals surface area contributed by atoms with E-state index in [4.69, 9.17) is 11.6 Å². The second-order valence-electron chi connectivity index (χ2n) is 3.94. The van der Waals surface area contributed by atoms with E-state index in [-0.39, 0.29) is 11.7 Å². The van der Waals surface area contributed by atoms with Gasteiger partial charge in [0.1, 0.15) is 5.52 Å². The highest BCUT2D eigenvalue weighted by atomic mass is 35.5. The number of unbranched alkanes of at least 4 members (excludes halogenated alkanes) is 1. The SMILES string of the molecule is FC(F)(F)CCCCNc1nc(Cl)nc2nc[nH]c12. The number of H-pyrrole nitrogens is 1. The average Bonchev–Trinajstić information content (AvgIpc) is 2.74. The van der Waals surface area contributed by atoms with Crippen LogP contribution in [0.25, 0.3) is 11.2 Å². The van der Waals surface area contributed by atoms with E-state index in [1.807, 2.05) is 0 Å². The Morgan fingerprint density at radius 3 is 2.79 bits per heavy atom. The van der Waals surface area contributed by atoms with Crippen LogP contribution in [0.15, 0.2) is 6.33 Å². The molecule has 0 unspecified atom stereocenters. The minimum absolute atomic E-state index is 0.0393. The van der Waals surface area contributed by atoms with Gasteiger partial charge in [0.25, 0.3) is 0 Å². The van der Waals surface area contributed by atoms with Crippen molar-refractivity contribution in [2.24, 2.45) is 0 Å². The fourth-order valence-corrected chi connectivity index (χ4v) is 1.76. The third kappa shape index (κ3) is 3.95. The van der Waals surface area contributed by atoms with Crippen molar-refractivity contribution in [2.45, 2.75) is 25.4 Å². The maximum absolute atomic E-state index is 12.0. The largest absolute Gasteiger partial charge is 0.389 e. The van der Waals surface area contributed by atoms with Crippen LogP contribution >= 0.6 is 11.6 Å². The Balaban J connectivity index is 1.89. The summed E-state index contributed by atoms with van der Waals surface area (Å²) in [6.45, 7) is 0.373. The number of fused-ring (bicyclic) bond motifs is 1. The van der Waals surface area contributed by atoms with E-state index in [9.17, 15) is 13.2 Å². The molecule has 0 saturated carbocycles. The lowest BCUT2D eigenvalue weighted by Gasteiger charge is -2.08. The lowest BCUT2D eigenvalue weighted by molar-refractivity contribution is -0.135. The maximum atomic E-state index is 12.0. The predicted octanol–water partition coefficient (Wildman–Crippen LogP) is 3.15. The molecule has 0 aliphatic heterocycles. The van der Waals surface area contributed by atoms with Crippen LogP contribution in [0.4, 0.5) is 19.0 Å². The Hall–Kier alpha value is -1.57. The van der Waals surface area contributed by atoms with Gasteiger partial charge in [0, 0.05) is 13.0 Å². The van der Waals surface area contributed by atoms with Crippen LogP contribution in [0.5, 0.6) is 0 Å². The quantitative estimate of drug-likeness (QED) is 0.656. The lowest BCUT2D eigenvalue weighted by atomic mass is 10.2. The normalized spacial score (nSPS) is 12.0. The third-order valence-corrected chi connectivity index (χ3v) is 2.61. The first-order valence-corrected chi connectivity index (χ1v) is 6.01. The van der Waals surface area contributed by atoms with Gasteiger partial charge in [0.15, 0.2) is 11.5 Å². The first-order valence-electron chi connectivity index (χ1n) is 5.63. The molecule has 2 aromatic heterocycles. The highest BCUT2D eigenvalue weighted by Gasteiger charge is 2.25. The van der Waals surface area contributed by atoms with Crippen molar-refractivity contribution in [3.8, 4) is 0 Å². The van der Waals surface area contributed by atoms with E-state index in [0.717, 1.165) is 0 Å². The molecule has 2 rings (SSSR count). The summed E-state index contributed by atoms with van der Waals surface area (Å²) in [5.74, 6) is 0.444. The molecule has 2 aromatic rings. The van der Waals surface area contributed by atoms with Gasteiger partial charge in [-0.15, -0.1) is 0 Å². The number of halogens is 4. The minimum Gasteiger partial charge on any atom is -0.368 e. The van der Waals surface area contributed by atoms with Crippen molar-refractivity contribution in [1.29, 1.82) is 0 Å². The molecule has 0 atom stereocenters. The Kier molecular flexibility index (Phi) is 4.08. The van der Waals surface area contributed by atoms with E-state index < -0.39 is 12.6 Å². The fraction of sp³-hybridized carbons (Fsp3) is 0.500. The Morgan fingerprint density at radius 2 is 2.05 bits per heavy atom. The Labute approximate surface area is 111 Å². The summed E-state index contributed by atoms with van der Waals surface area (Å²) in [5.41, 5.74) is 0.998. The molecule has 5 nitrogen and oxygen atoms in total. The van der Waals surface area contributed by atoms with Gasteiger partial charge < -0.3 is 10.3 Å². The number of rotatable bonds is 5. The summed E-state index contributed by atoms with van der Waals surface area (Å²) in [4.78, 5) is 14.6. The predicted molar refractivity (Wildman–Crippen MR) is 65.1 cm³/mol. The van der Waals surface area contributed by atoms with Crippen LogP contribution in [0.3, 0.4) is 0 Å². The molecule has 104 valence electrons. The number of nitrogens with zero attached hydrogens (tertiary/aromatic N) is 3. The Morgan fingerprint density at radius 1 is 1.26 bits per heavy atom. The van der Waals surface area contributed by atoms with Gasteiger partial charge >= 0.3 is 6.18 Å². The van der Waals surface area contributed by atoms with Crippen LogP contribution in [0.1, 0.15) is 19.3 Å². The summed E-state index contributed by atoms with van der Waals surface area (Å²) < 4.78 is 35.9. The molecule has 0 aliphatic carbocycles. The standard InChI is InChI=1S/C10H11ClF3N5/c11-9-18-7(6-8(19-9)17-5-16-6)15-4-2-1-3-10(12,13)14/h5H,1-4H2,(H2,15,16,17,18,19). The zero-order valence-electron chi connectivity index (χ0n) is 9.76. The molecule has 0 spiro atoms. The molecular weight excluding hydrogens is 283 g/mol. The van der Waals surface area contributed by atoms with Gasteiger partial charge in [-0.3, -0.25) is 0 Å². The van der Waals surface area contributed by atoms with E-state index in [1.54, 1.807) is 0 Å². The van der Waals surface area contributed by atoms with Crippen LogP contribution in [-0.2, 0) is 0 Å². The zero-order chi connectivity index (χ0) is 13.9. The van der Waals surface area contributed by atoms with Gasteiger partial charge in [-0.05, 0) is 24.4 Å². The summed E-state index contributed by atoms with van der Waals surface area (Å²) in [6, 6.07) is 0. The zero-order valence-corrected chi connectivity index (χ0v) is 10.5. The third-order valence-electron chi connectivity index (χ3n) is 2.44. The van der Waals surface area contributed by atoms with Crippen molar-refractivity contribution in [3.05, 3.63) is 11.6 Å². The summed E-state index contributed by atoms with van der Waals surface area (Å²) in [6.07, 6.45) is -2.98. The molecule has 0 aliphatic rings. The van der Waals surface area contributed by atoms with Gasteiger partial charge in [-0.25, -0.2) is 4.98 Å². The number of nitrogens with one attached hydrogen (secondary N) is 2. The van der Waals surface area contributed by atoms with Crippen molar-refractivity contribution < 1.29 is 13.2 Å². The second-order valence-corrected chi connectivity index (χ2v) is 4.28. The monoisotopic (exact) mass is 293 g/mol. The highest BCUT2D eigenvalue weighted by molar-refractivity contribution is 6.28. The molecule has 2 heterocycles. The highest BCUT2D eigenvalue weighted by Crippen LogP contribution is 2.22. The smallest absolute Gasteiger partial charge is 0.368 e. The summed E-state index contributed by atoms with van der Waals surface area (Å²) in [7, 11) is 0. The second kappa shape index (κ2) is 5.60. The van der Waals surface area contributed by atoms with Crippen LogP contribution in [-0.4, -0.2) is 32.7 Å². The van der Waals surface area contributed by atoms with Gasteiger partial charge in [0.2, 0.25) is 5.28 Å². The Bertz CT molecular complexity index is 554. The molecule has 0 saturated heterocycles. The maximum Gasteiger partial charge on any atom is 0.389 e. The summed E-state index contributed by atoms with van der Waals surface area (Å²) >= 11 is 5.72. The molecule has 0 amide bonds. The molecule has 0 radical (unpaired) electrons. The lowest BCUT2D eigenvalue weighted by Crippen LogP contribution is -2.09. The molecule has 0 aromatic carbocycles. The van der Waals surface area contributed by atoms with E-state index in [0.29, 0.717) is 29.9 Å². The minimum atomic E-state index is -4.10. The number of hydrogen-bond acceptors (Lipinski definition) is 4. The first-order chi connectivity index (χ1) is 8.96. The van der Waals surface area contributed by atoms with Crippen LogP contribution in [0.2, 0.25) is 5.28 Å². The fourth-order valence-electron chi connectivity index (χ4n) is 1.59. The van der Waals surface area contributed by atoms with Gasteiger partial charge in [-0.1, -0.05) is 0 Å². The number of aromatic amines is 1. The topological polar surface area (TPSA) is 66.5 Å². The molecular formula is C10H11ClF3N5. The van der Waals surface area contributed by atoms with Crippen LogP contribution in [0, 0.1) is 0 Å². The molecule has 9 heteroatoms. The molecule has 19 heavy (non-hydrogen) atoms. The number of alkyl halides is 3. The molecule has 0 bridgehead atoms. The van der Waals surface area contributed by atoms with Gasteiger partial charge in [0.05, 0.1) is 6.33 Å². The number of anilines is 1.